The summed E-state index contributed by atoms with van der Waals surface area (Å²) in [5.74, 6) is -1.02. The number of benzene rings is 1. The minimum absolute atomic E-state index is 0.00481. The topological polar surface area (TPSA) is 110 Å². The van der Waals surface area contributed by atoms with Crippen LogP contribution in [0.15, 0.2) is 28.8 Å². The largest absolute Gasteiger partial charge is 0.478 e. The van der Waals surface area contributed by atoms with Crippen LogP contribution >= 0.6 is 11.6 Å². The van der Waals surface area contributed by atoms with Crippen molar-refractivity contribution in [1.29, 1.82) is 0 Å². The Hall–Kier alpha value is -2.06. The summed E-state index contributed by atoms with van der Waals surface area (Å²) in [7, 11) is -3.73. The molecule has 0 unspecified atom stereocenters. The van der Waals surface area contributed by atoms with Gasteiger partial charge in [0.1, 0.15) is 17.2 Å². The number of carboxylic acid groups (broad SMARTS) is 1. The molecule has 0 spiro atoms. The van der Waals surface area contributed by atoms with Crippen LogP contribution in [0.5, 0.6) is 0 Å². The van der Waals surface area contributed by atoms with E-state index >= 15 is 0 Å². The molecule has 0 aliphatic rings. The van der Waals surface area contributed by atoms with Crippen LogP contribution in [-0.2, 0) is 15.8 Å². The van der Waals surface area contributed by atoms with Gasteiger partial charge >= 0.3 is 5.97 Å². The van der Waals surface area contributed by atoms with Crippen LogP contribution in [-0.4, -0.2) is 24.7 Å². The van der Waals surface area contributed by atoms with E-state index in [1.54, 1.807) is 6.92 Å². The lowest BCUT2D eigenvalue weighted by molar-refractivity contribution is 0.0697. The summed E-state index contributed by atoms with van der Waals surface area (Å²) >= 11 is 5.86. The first-order valence-corrected chi connectivity index (χ1v) is 7.75. The van der Waals surface area contributed by atoms with Gasteiger partial charge in [-0.15, -0.1) is 0 Å². The first-order valence-electron chi connectivity index (χ1n) is 5.72. The van der Waals surface area contributed by atoms with E-state index in [4.69, 9.17) is 21.2 Å². The molecule has 0 saturated heterocycles. The monoisotopic (exact) mass is 330 g/mol. The average Bonchev–Trinajstić information content (AvgIpc) is 2.76. The molecule has 9 heteroatoms. The third kappa shape index (κ3) is 3.96. The summed E-state index contributed by atoms with van der Waals surface area (Å²) in [5, 5.41) is 12.4. The highest BCUT2D eigenvalue weighted by Gasteiger charge is 2.17. The van der Waals surface area contributed by atoms with E-state index in [9.17, 15) is 13.2 Å². The number of aromatic nitrogens is 1. The zero-order valence-electron chi connectivity index (χ0n) is 10.8. The maximum Gasteiger partial charge on any atom is 0.335 e. The van der Waals surface area contributed by atoms with Crippen molar-refractivity contribution in [2.24, 2.45) is 0 Å². The van der Waals surface area contributed by atoms with Gasteiger partial charge in [-0.2, -0.15) is 0 Å². The number of aromatic carboxylic acids is 1. The number of hydrogen-bond donors (Lipinski definition) is 2. The van der Waals surface area contributed by atoms with Crippen LogP contribution in [0, 0.1) is 6.92 Å². The third-order valence-electron chi connectivity index (χ3n) is 2.50. The number of aryl methyl sites for hydroxylation is 1. The number of halogens is 1. The Kier molecular flexibility index (Phi) is 4.19. The lowest BCUT2D eigenvalue weighted by Gasteiger charge is -2.09. The predicted molar refractivity (Wildman–Crippen MR) is 75.9 cm³/mol. The molecular formula is C12H11ClN2O5S. The lowest BCUT2D eigenvalue weighted by Crippen LogP contribution is -2.15. The van der Waals surface area contributed by atoms with Gasteiger partial charge in [0.2, 0.25) is 10.0 Å². The minimum Gasteiger partial charge on any atom is -0.478 e. The Bertz CT molecular complexity index is 785. The number of nitrogens with one attached hydrogen (secondary N) is 1. The van der Waals surface area contributed by atoms with Crippen molar-refractivity contribution in [3.63, 3.8) is 0 Å². The summed E-state index contributed by atoms with van der Waals surface area (Å²) < 4.78 is 31.0. The highest BCUT2D eigenvalue weighted by Crippen LogP contribution is 2.24. The van der Waals surface area contributed by atoms with Crippen molar-refractivity contribution < 1.29 is 22.8 Å². The molecule has 0 bridgehead atoms. The molecule has 0 atom stereocenters. The van der Waals surface area contributed by atoms with Crippen molar-refractivity contribution in [3.05, 3.63) is 46.3 Å². The molecule has 0 saturated carbocycles. The molecule has 2 aromatic rings. The molecule has 1 heterocycles. The van der Waals surface area contributed by atoms with Crippen molar-refractivity contribution in [1.82, 2.24) is 5.16 Å². The van der Waals surface area contributed by atoms with E-state index in [0.717, 1.165) is 0 Å². The van der Waals surface area contributed by atoms with E-state index in [1.165, 1.54) is 24.3 Å². The van der Waals surface area contributed by atoms with E-state index < -0.39 is 16.0 Å². The second-order valence-corrected chi connectivity index (χ2v) is 6.42. The smallest absolute Gasteiger partial charge is 0.335 e. The first kappa shape index (κ1) is 15.3. The molecule has 2 rings (SSSR count). The summed E-state index contributed by atoms with van der Waals surface area (Å²) in [6, 6.07) is 5.22. The number of anilines is 1. The maximum absolute atomic E-state index is 12.0. The van der Waals surface area contributed by atoms with Gasteiger partial charge in [-0.05, 0) is 25.1 Å². The molecule has 2 N–H and O–H groups in total. The van der Waals surface area contributed by atoms with Gasteiger partial charge in [0.25, 0.3) is 0 Å². The van der Waals surface area contributed by atoms with Gasteiger partial charge in [0.15, 0.2) is 0 Å². The maximum atomic E-state index is 12.0. The first-order chi connectivity index (χ1) is 9.77. The molecule has 1 aromatic carbocycles. The molecule has 7 nitrogen and oxygen atoms in total. The van der Waals surface area contributed by atoms with Gasteiger partial charge < -0.3 is 9.63 Å². The number of carboxylic acids is 1. The SMILES string of the molecule is Cc1cc(CS(=O)(=O)Nc2ccc(C(=O)O)cc2Cl)no1. The van der Waals surface area contributed by atoms with Crippen LogP contribution < -0.4 is 4.72 Å². The van der Waals surface area contributed by atoms with Gasteiger partial charge in [-0.25, -0.2) is 13.2 Å². The van der Waals surface area contributed by atoms with E-state index in [2.05, 4.69) is 9.88 Å². The van der Waals surface area contributed by atoms with Crippen LogP contribution in [0.2, 0.25) is 5.02 Å². The molecule has 1 aromatic heterocycles. The quantitative estimate of drug-likeness (QED) is 0.870. The highest BCUT2D eigenvalue weighted by atomic mass is 35.5. The van der Waals surface area contributed by atoms with Gasteiger partial charge in [-0.3, -0.25) is 4.72 Å². The Morgan fingerprint density at radius 1 is 1.43 bits per heavy atom. The van der Waals surface area contributed by atoms with Crippen molar-refractivity contribution in [2.75, 3.05) is 4.72 Å². The second kappa shape index (κ2) is 5.74. The van der Waals surface area contributed by atoms with E-state index in [1.807, 2.05) is 0 Å². The number of rotatable bonds is 5. The van der Waals surface area contributed by atoms with Crippen LogP contribution in [0.1, 0.15) is 21.8 Å². The van der Waals surface area contributed by atoms with Crippen molar-refractivity contribution in [2.45, 2.75) is 12.7 Å². The molecule has 0 fully saturated rings. The molecule has 21 heavy (non-hydrogen) atoms. The average molecular weight is 331 g/mol. The second-order valence-electron chi connectivity index (χ2n) is 4.29. The molecule has 0 aliphatic carbocycles. The number of carbonyl (C=O) groups is 1. The zero-order chi connectivity index (χ0) is 15.6. The van der Waals surface area contributed by atoms with E-state index in [-0.39, 0.29) is 27.7 Å². The predicted octanol–water partition coefficient (Wildman–Crippen LogP) is 2.28. The fourth-order valence-electron chi connectivity index (χ4n) is 1.62. The molecule has 0 radical (unpaired) electrons. The molecular weight excluding hydrogens is 320 g/mol. The molecule has 112 valence electrons. The fourth-order valence-corrected chi connectivity index (χ4v) is 3.01. The summed E-state index contributed by atoms with van der Waals surface area (Å²) in [6.07, 6.45) is 0. The minimum atomic E-state index is -3.73. The third-order valence-corrected chi connectivity index (χ3v) is 4.02. The standard InChI is InChI=1S/C12H11ClN2O5S/c1-7-4-9(14-20-7)6-21(18,19)15-11-3-2-8(12(16)17)5-10(11)13/h2-5,15H,6H2,1H3,(H,16,17). The normalized spacial score (nSPS) is 11.3. The highest BCUT2D eigenvalue weighted by molar-refractivity contribution is 7.91. The van der Waals surface area contributed by atoms with Gasteiger partial charge in [0.05, 0.1) is 16.3 Å². The van der Waals surface area contributed by atoms with Crippen LogP contribution in [0.25, 0.3) is 0 Å². The Morgan fingerprint density at radius 3 is 2.67 bits per heavy atom. The van der Waals surface area contributed by atoms with Crippen LogP contribution in [0.3, 0.4) is 0 Å². The summed E-state index contributed by atoms with van der Waals surface area (Å²) in [4.78, 5) is 10.8. The number of sulfonamides is 1. The summed E-state index contributed by atoms with van der Waals surface area (Å²) in [6.45, 7) is 1.65. The van der Waals surface area contributed by atoms with Crippen molar-refractivity contribution >= 4 is 33.3 Å². The molecule has 0 amide bonds. The van der Waals surface area contributed by atoms with E-state index in [0.29, 0.717) is 5.76 Å². The van der Waals surface area contributed by atoms with Crippen molar-refractivity contribution in [3.8, 4) is 0 Å². The van der Waals surface area contributed by atoms with Crippen LogP contribution in [0.4, 0.5) is 5.69 Å². The molecule has 0 aliphatic heterocycles. The number of hydrogen-bond acceptors (Lipinski definition) is 5. The summed E-state index contributed by atoms with van der Waals surface area (Å²) in [5.41, 5.74) is 0.329. The van der Waals surface area contributed by atoms with Gasteiger partial charge in [0, 0.05) is 6.07 Å². The Labute approximate surface area is 125 Å². The van der Waals surface area contributed by atoms with Gasteiger partial charge in [-0.1, -0.05) is 16.8 Å². The fraction of sp³-hybridized carbons (Fsp3) is 0.167. The zero-order valence-corrected chi connectivity index (χ0v) is 12.4. The Morgan fingerprint density at radius 2 is 2.14 bits per heavy atom. The number of nitrogens with zero attached hydrogens (tertiary/aromatic N) is 1. The Balaban J connectivity index is 2.18. The lowest BCUT2D eigenvalue weighted by atomic mass is 10.2.